The summed E-state index contributed by atoms with van der Waals surface area (Å²) in [6.45, 7) is 8.39. The Bertz CT molecular complexity index is 808. The van der Waals surface area contributed by atoms with Gasteiger partial charge in [0, 0.05) is 31.1 Å². The molecule has 0 bridgehead atoms. The summed E-state index contributed by atoms with van der Waals surface area (Å²) in [4.78, 5) is 0.355. The van der Waals surface area contributed by atoms with Crippen molar-refractivity contribution < 1.29 is 8.42 Å². The average Bonchev–Trinajstić information content (AvgIpc) is 2.73. The SMILES string of the molecule is Cc1nn(C)c(C)c1C[C@@H](C)N[C@H](C)c1ccc(S(C)(=O)=O)cc1. The van der Waals surface area contributed by atoms with E-state index in [1.807, 2.05) is 30.8 Å². The summed E-state index contributed by atoms with van der Waals surface area (Å²) in [5.74, 6) is 0. The highest BCUT2D eigenvalue weighted by Crippen LogP contribution is 2.19. The standard InChI is InChI=1S/C18H27N3O2S/c1-12(11-18-14(3)20-21(5)15(18)4)19-13(2)16-7-9-17(10-8-16)24(6,22)23/h7-10,12-13,19H,11H2,1-6H3/t12-,13-/m1/s1. The lowest BCUT2D eigenvalue weighted by atomic mass is 10.0. The molecule has 0 aliphatic heterocycles. The van der Waals surface area contributed by atoms with E-state index in [1.165, 1.54) is 17.5 Å². The molecule has 1 aromatic carbocycles. The van der Waals surface area contributed by atoms with E-state index in [1.54, 1.807) is 12.1 Å². The molecule has 0 aliphatic rings. The molecular formula is C18H27N3O2S. The summed E-state index contributed by atoms with van der Waals surface area (Å²) < 4.78 is 25.0. The molecule has 132 valence electrons. The minimum absolute atomic E-state index is 0.144. The Morgan fingerprint density at radius 3 is 2.21 bits per heavy atom. The van der Waals surface area contributed by atoms with Crippen LogP contribution in [0.5, 0.6) is 0 Å². The Hall–Kier alpha value is -1.66. The number of hydrogen-bond donors (Lipinski definition) is 1. The molecule has 0 amide bonds. The van der Waals surface area contributed by atoms with Gasteiger partial charge < -0.3 is 5.32 Å². The number of nitrogens with zero attached hydrogens (tertiary/aromatic N) is 2. The molecule has 1 N–H and O–H groups in total. The number of aromatic nitrogens is 2. The van der Waals surface area contributed by atoms with Crippen LogP contribution in [0.4, 0.5) is 0 Å². The molecule has 24 heavy (non-hydrogen) atoms. The maximum atomic E-state index is 11.5. The molecule has 0 radical (unpaired) electrons. The van der Waals surface area contributed by atoms with Gasteiger partial charge in [-0.3, -0.25) is 4.68 Å². The minimum atomic E-state index is -3.15. The summed E-state index contributed by atoms with van der Waals surface area (Å²) in [5.41, 5.74) is 4.64. The van der Waals surface area contributed by atoms with Crippen LogP contribution in [0.25, 0.3) is 0 Å². The number of sulfone groups is 1. The van der Waals surface area contributed by atoms with Crippen molar-refractivity contribution in [3.8, 4) is 0 Å². The van der Waals surface area contributed by atoms with Crippen LogP contribution in [0.15, 0.2) is 29.2 Å². The number of benzene rings is 1. The van der Waals surface area contributed by atoms with Crippen molar-refractivity contribution in [3.63, 3.8) is 0 Å². The molecule has 0 unspecified atom stereocenters. The Kier molecular flexibility index (Phi) is 5.50. The van der Waals surface area contributed by atoms with Gasteiger partial charge in [0.05, 0.1) is 10.6 Å². The van der Waals surface area contributed by atoms with Gasteiger partial charge in [0.15, 0.2) is 9.84 Å². The smallest absolute Gasteiger partial charge is 0.175 e. The zero-order valence-electron chi connectivity index (χ0n) is 15.3. The molecule has 1 heterocycles. The lowest BCUT2D eigenvalue weighted by molar-refractivity contribution is 0.475. The summed E-state index contributed by atoms with van der Waals surface area (Å²) in [6.07, 6.45) is 2.14. The van der Waals surface area contributed by atoms with Crippen LogP contribution in [-0.4, -0.2) is 30.5 Å². The third-order valence-electron chi connectivity index (χ3n) is 4.51. The number of rotatable bonds is 6. The van der Waals surface area contributed by atoms with Gasteiger partial charge in [0.2, 0.25) is 0 Å². The molecule has 0 spiro atoms. The summed E-state index contributed by atoms with van der Waals surface area (Å²) in [5, 5.41) is 8.05. The quantitative estimate of drug-likeness (QED) is 0.871. The highest BCUT2D eigenvalue weighted by Gasteiger charge is 2.16. The maximum absolute atomic E-state index is 11.5. The van der Waals surface area contributed by atoms with Crippen LogP contribution >= 0.6 is 0 Å². The first kappa shape index (κ1) is 18.7. The third kappa shape index (κ3) is 4.24. The average molecular weight is 350 g/mol. The molecule has 1 aromatic heterocycles. The van der Waals surface area contributed by atoms with E-state index in [-0.39, 0.29) is 12.1 Å². The van der Waals surface area contributed by atoms with Crippen LogP contribution in [0, 0.1) is 13.8 Å². The minimum Gasteiger partial charge on any atom is -0.307 e. The van der Waals surface area contributed by atoms with Crippen LogP contribution in [0.3, 0.4) is 0 Å². The third-order valence-corrected chi connectivity index (χ3v) is 5.64. The van der Waals surface area contributed by atoms with Crippen molar-refractivity contribution in [2.75, 3.05) is 6.26 Å². The molecule has 2 rings (SSSR count). The monoisotopic (exact) mass is 349 g/mol. The first-order valence-corrected chi connectivity index (χ1v) is 10.0. The van der Waals surface area contributed by atoms with Crippen molar-refractivity contribution in [3.05, 3.63) is 46.8 Å². The Labute approximate surface area is 145 Å². The summed E-state index contributed by atoms with van der Waals surface area (Å²) >= 11 is 0. The lowest BCUT2D eigenvalue weighted by Crippen LogP contribution is -2.31. The predicted molar refractivity (Wildman–Crippen MR) is 97.0 cm³/mol. The van der Waals surface area contributed by atoms with E-state index < -0.39 is 9.84 Å². The summed E-state index contributed by atoms with van der Waals surface area (Å²) in [7, 11) is -1.18. The molecule has 0 saturated carbocycles. The lowest BCUT2D eigenvalue weighted by Gasteiger charge is -2.21. The van der Waals surface area contributed by atoms with Crippen molar-refractivity contribution in [2.45, 2.75) is 51.1 Å². The predicted octanol–water partition coefficient (Wildman–Crippen LogP) is 2.72. The number of aryl methyl sites for hydroxylation is 2. The molecular weight excluding hydrogens is 322 g/mol. The van der Waals surface area contributed by atoms with Crippen molar-refractivity contribution in [1.29, 1.82) is 0 Å². The van der Waals surface area contributed by atoms with Gasteiger partial charge in [-0.15, -0.1) is 0 Å². The molecule has 0 fully saturated rings. The molecule has 0 aliphatic carbocycles. The zero-order chi connectivity index (χ0) is 18.1. The van der Waals surface area contributed by atoms with Gasteiger partial charge in [-0.2, -0.15) is 5.10 Å². The fourth-order valence-corrected chi connectivity index (χ4v) is 3.64. The van der Waals surface area contributed by atoms with Gasteiger partial charge in [0.1, 0.15) is 0 Å². The van der Waals surface area contributed by atoms with Crippen LogP contribution in [0.1, 0.15) is 42.4 Å². The first-order valence-electron chi connectivity index (χ1n) is 8.14. The highest BCUT2D eigenvalue weighted by atomic mass is 32.2. The topological polar surface area (TPSA) is 64.0 Å². The molecule has 0 saturated heterocycles. The number of hydrogen-bond acceptors (Lipinski definition) is 4. The van der Waals surface area contributed by atoms with Gasteiger partial charge in [-0.05, 0) is 57.4 Å². The van der Waals surface area contributed by atoms with Crippen molar-refractivity contribution in [2.24, 2.45) is 7.05 Å². The number of nitrogens with one attached hydrogen (secondary N) is 1. The Morgan fingerprint density at radius 2 is 1.75 bits per heavy atom. The molecule has 5 nitrogen and oxygen atoms in total. The van der Waals surface area contributed by atoms with E-state index in [9.17, 15) is 8.42 Å². The van der Waals surface area contributed by atoms with E-state index in [4.69, 9.17) is 0 Å². The van der Waals surface area contributed by atoms with E-state index in [2.05, 4.69) is 31.2 Å². The van der Waals surface area contributed by atoms with Gasteiger partial charge in [-0.25, -0.2) is 8.42 Å². The Balaban J connectivity index is 2.04. The van der Waals surface area contributed by atoms with Crippen molar-refractivity contribution in [1.82, 2.24) is 15.1 Å². The fraction of sp³-hybridized carbons (Fsp3) is 0.500. The van der Waals surface area contributed by atoms with E-state index in [0.717, 1.165) is 17.7 Å². The second-order valence-corrected chi connectivity index (χ2v) is 8.62. The van der Waals surface area contributed by atoms with Gasteiger partial charge in [0.25, 0.3) is 0 Å². The Morgan fingerprint density at radius 1 is 1.17 bits per heavy atom. The first-order chi connectivity index (χ1) is 11.1. The fourth-order valence-electron chi connectivity index (χ4n) is 3.00. The molecule has 2 aromatic rings. The van der Waals surface area contributed by atoms with Gasteiger partial charge in [-0.1, -0.05) is 12.1 Å². The summed E-state index contributed by atoms with van der Waals surface area (Å²) in [6, 6.07) is 7.52. The normalized spacial score (nSPS) is 14.6. The van der Waals surface area contributed by atoms with E-state index >= 15 is 0 Å². The largest absolute Gasteiger partial charge is 0.307 e. The van der Waals surface area contributed by atoms with Crippen LogP contribution in [-0.2, 0) is 23.3 Å². The maximum Gasteiger partial charge on any atom is 0.175 e. The van der Waals surface area contributed by atoms with Crippen LogP contribution < -0.4 is 5.32 Å². The second kappa shape index (κ2) is 7.07. The van der Waals surface area contributed by atoms with Gasteiger partial charge >= 0.3 is 0 Å². The van der Waals surface area contributed by atoms with Crippen molar-refractivity contribution >= 4 is 9.84 Å². The van der Waals surface area contributed by atoms with Crippen LogP contribution in [0.2, 0.25) is 0 Å². The van der Waals surface area contributed by atoms with E-state index in [0.29, 0.717) is 4.90 Å². The highest BCUT2D eigenvalue weighted by molar-refractivity contribution is 7.90. The zero-order valence-corrected chi connectivity index (χ0v) is 16.1. The molecule has 2 atom stereocenters. The molecule has 6 heteroatoms. The second-order valence-electron chi connectivity index (χ2n) is 6.61.